The minimum atomic E-state index is -0.255. The highest BCUT2D eigenvalue weighted by Gasteiger charge is 2.49. The highest BCUT2D eigenvalue weighted by Crippen LogP contribution is 2.55. The molecule has 0 saturated carbocycles. The molecule has 1 saturated heterocycles. The second-order valence-electron chi connectivity index (χ2n) is 7.88. The molecule has 0 unspecified atom stereocenters. The first-order chi connectivity index (χ1) is 10.8. The molecule has 2 N–H and O–H groups in total. The van der Waals surface area contributed by atoms with Crippen molar-refractivity contribution in [1.29, 1.82) is 0 Å². The van der Waals surface area contributed by atoms with Crippen molar-refractivity contribution in [3.8, 4) is 0 Å². The summed E-state index contributed by atoms with van der Waals surface area (Å²) in [7, 11) is 0. The third kappa shape index (κ3) is 2.89. The van der Waals surface area contributed by atoms with Gasteiger partial charge in [-0.05, 0) is 81.3 Å². The number of rotatable bonds is 2. The summed E-state index contributed by atoms with van der Waals surface area (Å²) in [4.78, 5) is 11.7. The van der Waals surface area contributed by atoms with Gasteiger partial charge >= 0.3 is 0 Å². The summed E-state index contributed by atoms with van der Waals surface area (Å²) in [5, 5.41) is 7.51. The van der Waals surface area contributed by atoms with Crippen LogP contribution >= 0.6 is 11.6 Å². The van der Waals surface area contributed by atoms with Crippen molar-refractivity contribution in [2.75, 3.05) is 13.1 Å². The van der Waals surface area contributed by atoms with E-state index in [1.807, 2.05) is 0 Å². The van der Waals surface area contributed by atoms with Gasteiger partial charge in [-0.15, -0.1) is 0 Å². The van der Waals surface area contributed by atoms with Crippen LogP contribution in [0.1, 0.15) is 62.6 Å². The lowest BCUT2D eigenvalue weighted by Crippen LogP contribution is -2.47. The van der Waals surface area contributed by atoms with Crippen molar-refractivity contribution in [3.63, 3.8) is 0 Å². The first-order valence-electron chi connectivity index (χ1n) is 8.55. The number of carbonyl (C=O) groups is 1. The number of halogens is 1. The van der Waals surface area contributed by atoms with Gasteiger partial charge in [0, 0.05) is 23.4 Å². The van der Waals surface area contributed by atoms with E-state index in [4.69, 9.17) is 11.6 Å². The monoisotopic (exact) mass is 334 g/mol. The van der Waals surface area contributed by atoms with Crippen LogP contribution in [0.2, 0.25) is 5.02 Å². The van der Waals surface area contributed by atoms with Crippen LogP contribution in [0.5, 0.6) is 0 Å². The topological polar surface area (TPSA) is 41.1 Å². The maximum absolute atomic E-state index is 11.7. The Morgan fingerprint density at radius 1 is 1.35 bits per heavy atom. The average molecular weight is 335 g/mol. The largest absolute Gasteiger partial charge is 0.351 e. The van der Waals surface area contributed by atoms with Crippen LogP contribution < -0.4 is 10.6 Å². The number of fused-ring (bicyclic) bond motifs is 2. The lowest BCUT2D eigenvalue weighted by atomic mass is 9.72. The summed E-state index contributed by atoms with van der Waals surface area (Å²) in [6, 6.07) is 4.45. The van der Waals surface area contributed by atoms with Crippen molar-refractivity contribution < 1.29 is 4.79 Å². The molecule has 4 heteroatoms. The molecule has 1 atom stereocenters. The van der Waals surface area contributed by atoms with Crippen molar-refractivity contribution in [1.82, 2.24) is 10.6 Å². The zero-order valence-corrected chi connectivity index (χ0v) is 15.3. The molecule has 0 aromatic heterocycles. The standard InChI is InChI=1S/C19H27ClN2O/c1-12-9-14-15(10-17(12)20)19(5-7-21-8-6-19)11-16(14)18(3,4)22-13(2)23/h9-10,16,21H,5-8,11H2,1-4H3,(H,22,23)/t16-/m1/s1. The Balaban J connectivity index is 2.08. The quantitative estimate of drug-likeness (QED) is 0.866. The van der Waals surface area contributed by atoms with Crippen LogP contribution in [0.4, 0.5) is 0 Å². The van der Waals surface area contributed by atoms with Gasteiger partial charge in [-0.25, -0.2) is 0 Å². The number of carbonyl (C=O) groups excluding carboxylic acids is 1. The summed E-state index contributed by atoms with van der Waals surface area (Å²) >= 11 is 6.46. The second kappa shape index (κ2) is 5.78. The van der Waals surface area contributed by atoms with E-state index in [-0.39, 0.29) is 16.9 Å². The Morgan fingerprint density at radius 2 is 2.00 bits per heavy atom. The van der Waals surface area contributed by atoms with E-state index in [9.17, 15) is 4.79 Å². The number of amides is 1. The zero-order valence-electron chi connectivity index (χ0n) is 14.6. The van der Waals surface area contributed by atoms with E-state index in [0.29, 0.717) is 5.92 Å². The molecule has 126 valence electrons. The molecule has 0 bridgehead atoms. The lowest BCUT2D eigenvalue weighted by molar-refractivity contribution is -0.120. The SMILES string of the molecule is CC(=O)NC(C)(C)[C@@H]1CC2(CCNCC2)c2cc(Cl)c(C)cc21. The predicted molar refractivity (Wildman–Crippen MR) is 95.2 cm³/mol. The summed E-state index contributed by atoms with van der Waals surface area (Å²) in [6.07, 6.45) is 3.38. The third-order valence-corrected chi connectivity index (χ3v) is 6.21. The van der Waals surface area contributed by atoms with Crippen LogP contribution in [0, 0.1) is 6.92 Å². The molecule has 1 spiro atoms. The Kier molecular flexibility index (Phi) is 4.22. The molecule has 2 aliphatic rings. The number of piperidine rings is 1. The summed E-state index contributed by atoms with van der Waals surface area (Å²) in [6.45, 7) is 10.1. The molecule has 0 radical (unpaired) electrons. The average Bonchev–Trinajstić information content (AvgIpc) is 2.74. The molecule has 1 aliphatic heterocycles. The van der Waals surface area contributed by atoms with Gasteiger partial charge in [0.1, 0.15) is 0 Å². The molecule has 1 aliphatic carbocycles. The van der Waals surface area contributed by atoms with Crippen LogP contribution in [0.3, 0.4) is 0 Å². The van der Waals surface area contributed by atoms with Crippen molar-refractivity contribution in [3.05, 3.63) is 33.8 Å². The van der Waals surface area contributed by atoms with Crippen LogP contribution in [0.15, 0.2) is 12.1 Å². The van der Waals surface area contributed by atoms with Crippen LogP contribution in [-0.4, -0.2) is 24.5 Å². The second-order valence-corrected chi connectivity index (χ2v) is 8.29. The summed E-state index contributed by atoms with van der Waals surface area (Å²) in [5.74, 6) is 0.365. The number of hydrogen-bond acceptors (Lipinski definition) is 2. The number of hydrogen-bond donors (Lipinski definition) is 2. The molecule has 1 fully saturated rings. The minimum absolute atomic E-state index is 0.0356. The number of benzene rings is 1. The van der Waals surface area contributed by atoms with E-state index < -0.39 is 0 Å². The van der Waals surface area contributed by atoms with Gasteiger partial charge in [-0.3, -0.25) is 4.79 Å². The van der Waals surface area contributed by atoms with E-state index in [0.717, 1.165) is 42.9 Å². The van der Waals surface area contributed by atoms with Gasteiger partial charge in [0.05, 0.1) is 0 Å². The highest BCUT2D eigenvalue weighted by atomic mass is 35.5. The van der Waals surface area contributed by atoms with E-state index >= 15 is 0 Å². The molecule has 1 aromatic rings. The highest BCUT2D eigenvalue weighted by molar-refractivity contribution is 6.31. The van der Waals surface area contributed by atoms with Crippen molar-refractivity contribution in [2.45, 2.75) is 63.8 Å². The molecule has 3 nitrogen and oxygen atoms in total. The maximum Gasteiger partial charge on any atom is 0.217 e. The molecule has 1 heterocycles. The van der Waals surface area contributed by atoms with Crippen molar-refractivity contribution in [2.24, 2.45) is 0 Å². The van der Waals surface area contributed by atoms with Gasteiger partial charge in [0.2, 0.25) is 5.91 Å². The Labute approximate surface area is 144 Å². The van der Waals surface area contributed by atoms with Gasteiger partial charge in [-0.1, -0.05) is 17.7 Å². The fourth-order valence-corrected chi connectivity index (χ4v) is 4.79. The Bertz CT molecular complexity index is 633. The number of nitrogens with one attached hydrogen (secondary N) is 2. The van der Waals surface area contributed by atoms with Crippen LogP contribution in [-0.2, 0) is 10.2 Å². The van der Waals surface area contributed by atoms with Crippen LogP contribution in [0.25, 0.3) is 0 Å². The first-order valence-corrected chi connectivity index (χ1v) is 8.93. The Morgan fingerprint density at radius 3 is 2.61 bits per heavy atom. The zero-order chi connectivity index (χ0) is 16.8. The van der Waals surface area contributed by atoms with E-state index in [2.05, 4.69) is 43.5 Å². The molecular weight excluding hydrogens is 308 g/mol. The van der Waals surface area contributed by atoms with Gasteiger partial charge < -0.3 is 10.6 Å². The maximum atomic E-state index is 11.7. The smallest absolute Gasteiger partial charge is 0.217 e. The minimum Gasteiger partial charge on any atom is -0.351 e. The summed E-state index contributed by atoms with van der Waals surface area (Å²) in [5.41, 5.74) is 3.87. The number of aryl methyl sites for hydroxylation is 1. The fourth-order valence-electron chi connectivity index (χ4n) is 4.63. The third-order valence-electron chi connectivity index (χ3n) is 5.80. The first kappa shape index (κ1) is 16.8. The molecule has 1 aromatic carbocycles. The van der Waals surface area contributed by atoms with Gasteiger partial charge in [0.25, 0.3) is 0 Å². The Hall–Kier alpha value is -1.06. The summed E-state index contributed by atoms with van der Waals surface area (Å²) < 4.78 is 0. The normalized spacial score (nSPS) is 22.9. The predicted octanol–water partition coefficient (Wildman–Crippen LogP) is 3.67. The molecule has 3 rings (SSSR count). The lowest BCUT2D eigenvalue weighted by Gasteiger charge is -2.38. The molecular formula is C19H27ClN2O. The van der Waals surface area contributed by atoms with Gasteiger partial charge in [0.15, 0.2) is 0 Å². The molecule has 23 heavy (non-hydrogen) atoms. The van der Waals surface area contributed by atoms with E-state index in [1.165, 1.54) is 11.1 Å². The van der Waals surface area contributed by atoms with E-state index in [1.54, 1.807) is 6.92 Å². The van der Waals surface area contributed by atoms with Gasteiger partial charge in [-0.2, -0.15) is 0 Å². The van der Waals surface area contributed by atoms with Crippen molar-refractivity contribution >= 4 is 17.5 Å². The molecule has 1 amide bonds. The fraction of sp³-hybridized carbons (Fsp3) is 0.632.